The summed E-state index contributed by atoms with van der Waals surface area (Å²) >= 11 is 0. The van der Waals surface area contributed by atoms with Crippen LogP contribution in [0.1, 0.15) is 0 Å². The molecule has 0 aliphatic rings. The lowest BCUT2D eigenvalue weighted by molar-refractivity contribution is 1.24. The quantitative estimate of drug-likeness (QED) is 0.551. The third kappa shape index (κ3) is 2.13. The third-order valence-electron chi connectivity index (χ3n) is 2.74. The highest BCUT2D eigenvalue weighted by Gasteiger charge is 1.97. The van der Waals surface area contributed by atoms with Gasteiger partial charge < -0.3 is 0 Å². The molecule has 2 nitrogen and oxygen atoms in total. The van der Waals surface area contributed by atoms with Crippen LogP contribution in [-0.2, 0) is 0 Å². The number of rotatable bonds is 2. The SMILES string of the molecule is [c]1ccc(/N=N/c2cccc3ccccc23)cc1. The van der Waals surface area contributed by atoms with Crippen LogP contribution in [0, 0.1) is 6.07 Å². The van der Waals surface area contributed by atoms with Crippen LogP contribution in [-0.4, -0.2) is 0 Å². The zero-order valence-corrected chi connectivity index (χ0v) is 9.75. The number of azo groups is 1. The number of hydrogen-bond acceptors (Lipinski definition) is 2. The molecule has 0 amide bonds. The van der Waals surface area contributed by atoms with Crippen LogP contribution in [0.25, 0.3) is 10.8 Å². The molecule has 85 valence electrons. The van der Waals surface area contributed by atoms with Crippen LogP contribution in [0.4, 0.5) is 11.4 Å². The Kier molecular flexibility index (Phi) is 2.84. The summed E-state index contributed by atoms with van der Waals surface area (Å²) in [5.41, 5.74) is 1.72. The Morgan fingerprint density at radius 3 is 2.39 bits per heavy atom. The standard InChI is InChI=1S/C16H11N2/c1-2-9-14(10-3-1)17-18-16-12-6-8-13-7-4-5-11-15(13)16/h2-12H/b18-17+. The van der Waals surface area contributed by atoms with Crippen molar-refractivity contribution >= 4 is 22.1 Å². The van der Waals surface area contributed by atoms with Crippen LogP contribution < -0.4 is 0 Å². The highest BCUT2D eigenvalue weighted by atomic mass is 15.1. The number of benzene rings is 3. The molecule has 18 heavy (non-hydrogen) atoms. The summed E-state index contributed by atoms with van der Waals surface area (Å²) in [7, 11) is 0. The fourth-order valence-corrected chi connectivity index (χ4v) is 1.85. The minimum Gasteiger partial charge on any atom is -0.151 e. The van der Waals surface area contributed by atoms with Crippen molar-refractivity contribution in [2.24, 2.45) is 10.2 Å². The predicted octanol–water partition coefficient (Wildman–Crippen LogP) is 5.06. The smallest absolute Gasteiger partial charge is 0.0935 e. The lowest BCUT2D eigenvalue weighted by Crippen LogP contribution is -1.72. The van der Waals surface area contributed by atoms with Gasteiger partial charge in [-0.3, -0.25) is 0 Å². The molecule has 2 heteroatoms. The molecule has 0 bridgehead atoms. The Bertz CT molecular complexity index is 682. The molecular weight excluding hydrogens is 220 g/mol. The van der Waals surface area contributed by atoms with Crippen LogP contribution in [0.5, 0.6) is 0 Å². The molecule has 3 aromatic rings. The highest BCUT2D eigenvalue weighted by molar-refractivity contribution is 5.92. The summed E-state index contributed by atoms with van der Waals surface area (Å²) < 4.78 is 0. The van der Waals surface area contributed by atoms with Crippen LogP contribution in [0.15, 0.2) is 77.0 Å². The molecule has 0 aromatic heterocycles. The normalized spacial score (nSPS) is 11.1. The first-order chi connectivity index (χ1) is 8.93. The first kappa shape index (κ1) is 10.7. The van der Waals surface area contributed by atoms with Crippen molar-refractivity contribution in [3.63, 3.8) is 0 Å². The maximum atomic E-state index is 4.32. The van der Waals surface area contributed by atoms with Gasteiger partial charge >= 0.3 is 0 Å². The fraction of sp³-hybridized carbons (Fsp3) is 0. The van der Waals surface area contributed by atoms with Crippen molar-refractivity contribution in [1.29, 1.82) is 0 Å². The van der Waals surface area contributed by atoms with E-state index in [0.717, 1.165) is 16.8 Å². The second kappa shape index (κ2) is 4.80. The first-order valence-electron chi connectivity index (χ1n) is 5.79. The Morgan fingerprint density at radius 2 is 1.50 bits per heavy atom. The monoisotopic (exact) mass is 231 g/mol. The lowest BCUT2D eigenvalue weighted by Gasteiger charge is -2.00. The van der Waals surface area contributed by atoms with Crippen molar-refractivity contribution in [1.82, 2.24) is 0 Å². The number of nitrogens with zero attached hydrogens (tertiary/aromatic N) is 2. The van der Waals surface area contributed by atoms with Crippen LogP contribution >= 0.6 is 0 Å². The molecule has 0 saturated carbocycles. The van der Waals surface area contributed by atoms with E-state index >= 15 is 0 Å². The number of fused-ring (bicyclic) bond motifs is 1. The van der Waals surface area contributed by atoms with Gasteiger partial charge in [-0.1, -0.05) is 48.5 Å². The fourth-order valence-electron chi connectivity index (χ4n) is 1.85. The summed E-state index contributed by atoms with van der Waals surface area (Å²) in [5, 5.41) is 10.8. The van der Waals surface area contributed by atoms with Gasteiger partial charge in [0.25, 0.3) is 0 Å². The molecule has 0 aliphatic heterocycles. The minimum absolute atomic E-state index is 0.835. The molecule has 0 atom stereocenters. The molecule has 0 spiro atoms. The Hall–Kier alpha value is -2.48. The van der Waals surface area contributed by atoms with Gasteiger partial charge in [0.2, 0.25) is 0 Å². The van der Waals surface area contributed by atoms with Crippen LogP contribution in [0.3, 0.4) is 0 Å². The molecule has 0 unspecified atom stereocenters. The van der Waals surface area contributed by atoms with E-state index in [1.807, 2.05) is 48.5 Å². The summed E-state index contributed by atoms with van der Waals surface area (Å²) in [6, 6.07) is 24.6. The van der Waals surface area contributed by atoms with E-state index in [1.54, 1.807) is 0 Å². The topological polar surface area (TPSA) is 24.7 Å². The molecule has 1 radical (unpaired) electrons. The van der Waals surface area contributed by atoms with Crippen molar-refractivity contribution in [3.05, 3.63) is 72.8 Å². The van der Waals surface area contributed by atoms with E-state index in [0.29, 0.717) is 0 Å². The van der Waals surface area contributed by atoms with Gasteiger partial charge in [-0.25, -0.2) is 0 Å². The maximum absolute atomic E-state index is 4.32. The van der Waals surface area contributed by atoms with Gasteiger partial charge in [0, 0.05) is 5.39 Å². The highest BCUT2D eigenvalue weighted by Crippen LogP contribution is 2.27. The van der Waals surface area contributed by atoms with E-state index < -0.39 is 0 Å². The zero-order valence-electron chi connectivity index (χ0n) is 9.75. The molecule has 0 fully saturated rings. The van der Waals surface area contributed by atoms with E-state index in [1.165, 1.54) is 5.39 Å². The summed E-state index contributed by atoms with van der Waals surface area (Å²) in [6.45, 7) is 0. The summed E-state index contributed by atoms with van der Waals surface area (Å²) in [4.78, 5) is 0. The third-order valence-corrected chi connectivity index (χ3v) is 2.74. The molecule has 0 saturated heterocycles. The Labute approximate surface area is 106 Å². The average Bonchev–Trinajstić information content (AvgIpc) is 2.46. The van der Waals surface area contributed by atoms with Crippen molar-refractivity contribution in [3.8, 4) is 0 Å². The largest absolute Gasteiger partial charge is 0.151 e. The first-order valence-corrected chi connectivity index (χ1v) is 5.79. The Balaban J connectivity index is 2.03. The Morgan fingerprint density at radius 1 is 0.722 bits per heavy atom. The second-order valence-corrected chi connectivity index (χ2v) is 3.96. The second-order valence-electron chi connectivity index (χ2n) is 3.96. The minimum atomic E-state index is 0.835. The van der Waals surface area contributed by atoms with E-state index in [9.17, 15) is 0 Å². The van der Waals surface area contributed by atoms with Crippen LogP contribution in [0.2, 0.25) is 0 Å². The van der Waals surface area contributed by atoms with Gasteiger partial charge in [-0.2, -0.15) is 5.11 Å². The van der Waals surface area contributed by atoms with Gasteiger partial charge in [-0.05, 0) is 29.7 Å². The van der Waals surface area contributed by atoms with Crippen molar-refractivity contribution in [2.45, 2.75) is 0 Å². The summed E-state index contributed by atoms with van der Waals surface area (Å²) in [5.74, 6) is 0. The predicted molar refractivity (Wildman–Crippen MR) is 73.4 cm³/mol. The number of hydrogen-bond donors (Lipinski definition) is 0. The molecule has 3 rings (SSSR count). The molecular formula is C16H11N2. The molecule has 0 aliphatic carbocycles. The van der Waals surface area contributed by atoms with Crippen molar-refractivity contribution < 1.29 is 0 Å². The average molecular weight is 231 g/mol. The summed E-state index contributed by atoms with van der Waals surface area (Å²) in [6.07, 6.45) is 0. The van der Waals surface area contributed by atoms with Gasteiger partial charge in [0.15, 0.2) is 0 Å². The van der Waals surface area contributed by atoms with E-state index in [4.69, 9.17) is 0 Å². The molecule has 0 N–H and O–H groups in total. The van der Waals surface area contributed by atoms with Crippen molar-refractivity contribution in [2.75, 3.05) is 0 Å². The van der Waals surface area contributed by atoms with E-state index in [-0.39, 0.29) is 0 Å². The van der Waals surface area contributed by atoms with Gasteiger partial charge in [0.1, 0.15) is 0 Å². The van der Waals surface area contributed by atoms with E-state index in [2.05, 4.69) is 34.5 Å². The molecule has 3 aromatic carbocycles. The van der Waals surface area contributed by atoms with Gasteiger partial charge in [-0.15, -0.1) is 5.11 Å². The van der Waals surface area contributed by atoms with Gasteiger partial charge in [0.05, 0.1) is 11.4 Å². The molecule has 0 heterocycles. The maximum Gasteiger partial charge on any atom is 0.0935 e. The lowest BCUT2D eigenvalue weighted by atomic mass is 10.1. The zero-order chi connectivity index (χ0) is 12.2.